The Hall–Kier alpha value is -1.36. The molecule has 1 amide bonds. The maximum absolute atomic E-state index is 12.9. The van der Waals surface area contributed by atoms with Crippen molar-refractivity contribution in [2.45, 2.75) is 51.2 Å². The van der Waals surface area contributed by atoms with Gasteiger partial charge in [-0.05, 0) is 38.1 Å². The first-order chi connectivity index (χ1) is 9.70. The second-order valence-corrected chi connectivity index (χ2v) is 6.17. The van der Waals surface area contributed by atoms with E-state index in [0.717, 1.165) is 18.6 Å². The molecule has 4 atom stereocenters. The zero-order chi connectivity index (χ0) is 14.1. The van der Waals surface area contributed by atoms with Crippen molar-refractivity contribution in [3.8, 4) is 0 Å². The second-order valence-electron chi connectivity index (χ2n) is 6.17. The maximum Gasteiger partial charge on any atom is 0.240 e. The number of rotatable bonds is 3. The lowest BCUT2D eigenvalue weighted by molar-refractivity contribution is -0.137. The topological polar surface area (TPSA) is 58.4 Å². The number of likely N-dealkylation sites (tertiary alicyclic amines) is 1. The van der Waals surface area contributed by atoms with Crippen molar-refractivity contribution < 1.29 is 9.21 Å². The monoisotopic (exact) mass is 277 g/mol. The van der Waals surface area contributed by atoms with Crippen LogP contribution in [0.15, 0.2) is 17.0 Å². The number of carbonyl (C=O) groups excluding carboxylic acids is 1. The van der Waals surface area contributed by atoms with Gasteiger partial charge in [0.2, 0.25) is 5.91 Å². The molecule has 0 radical (unpaired) electrons. The van der Waals surface area contributed by atoms with E-state index in [1.54, 1.807) is 6.20 Å². The molecule has 0 spiro atoms. The van der Waals surface area contributed by atoms with Crippen LogP contribution in [0.4, 0.5) is 0 Å². The van der Waals surface area contributed by atoms with Crippen LogP contribution in [0.1, 0.15) is 38.4 Å². The SMILES string of the molecule is CNC1C(=O)N(Cc2cnco2)C2CCCC2CC1C. The van der Waals surface area contributed by atoms with E-state index in [1.165, 1.54) is 19.2 Å². The Labute approximate surface area is 119 Å². The first-order valence-electron chi connectivity index (χ1n) is 7.55. The normalized spacial score (nSPS) is 34.1. The molecule has 1 N–H and O–H groups in total. The van der Waals surface area contributed by atoms with Crippen LogP contribution in [0.5, 0.6) is 0 Å². The van der Waals surface area contributed by atoms with Gasteiger partial charge in [-0.15, -0.1) is 0 Å². The predicted molar refractivity (Wildman–Crippen MR) is 74.8 cm³/mol. The van der Waals surface area contributed by atoms with Crippen LogP contribution in [-0.2, 0) is 11.3 Å². The number of oxazole rings is 1. The average molecular weight is 277 g/mol. The minimum Gasteiger partial charge on any atom is -0.447 e. The number of hydrogen-bond donors (Lipinski definition) is 1. The van der Waals surface area contributed by atoms with Gasteiger partial charge in [0.25, 0.3) is 0 Å². The smallest absolute Gasteiger partial charge is 0.240 e. The summed E-state index contributed by atoms with van der Waals surface area (Å²) in [7, 11) is 1.88. The molecular weight excluding hydrogens is 254 g/mol. The molecule has 2 heterocycles. The summed E-state index contributed by atoms with van der Waals surface area (Å²) < 4.78 is 5.34. The molecule has 1 saturated carbocycles. The third kappa shape index (κ3) is 2.35. The summed E-state index contributed by atoms with van der Waals surface area (Å²) in [5.74, 6) is 2.01. The fourth-order valence-electron chi connectivity index (χ4n) is 3.99. The van der Waals surface area contributed by atoms with Crippen molar-refractivity contribution in [2.24, 2.45) is 11.8 Å². The lowest BCUT2D eigenvalue weighted by atomic mass is 9.90. The highest BCUT2D eigenvalue weighted by Crippen LogP contribution is 2.39. The number of aromatic nitrogens is 1. The van der Waals surface area contributed by atoms with Gasteiger partial charge in [0, 0.05) is 6.04 Å². The number of nitrogens with zero attached hydrogens (tertiary/aromatic N) is 2. The molecule has 1 saturated heterocycles. The molecule has 4 unspecified atom stereocenters. The van der Waals surface area contributed by atoms with Gasteiger partial charge in [0.15, 0.2) is 6.39 Å². The molecule has 1 aromatic rings. The molecule has 20 heavy (non-hydrogen) atoms. The van der Waals surface area contributed by atoms with E-state index in [4.69, 9.17) is 4.42 Å². The van der Waals surface area contributed by atoms with Crippen molar-refractivity contribution in [1.82, 2.24) is 15.2 Å². The highest BCUT2D eigenvalue weighted by atomic mass is 16.3. The van der Waals surface area contributed by atoms with E-state index in [0.29, 0.717) is 24.4 Å². The summed E-state index contributed by atoms with van der Waals surface area (Å²) in [5, 5.41) is 3.20. The lowest BCUT2D eigenvalue weighted by Crippen LogP contribution is -2.49. The molecule has 110 valence electrons. The number of amides is 1. The Morgan fingerprint density at radius 1 is 1.50 bits per heavy atom. The Balaban J connectivity index is 1.87. The third-order valence-electron chi connectivity index (χ3n) is 4.93. The fraction of sp³-hybridized carbons (Fsp3) is 0.733. The van der Waals surface area contributed by atoms with Crippen molar-refractivity contribution in [2.75, 3.05) is 7.05 Å². The van der Waals surface area contributed by atoms with E-state index >= 15 is 0 Å². The lowest BCUT2D eigenvalue weighted by Gasteiger charge is -2.31. The van der Waals surface area contributed by atoms with E-state index in [1.807, 2.05) is 11.9 Å². The molecule has 1 aromatic heterocycles. The van der Waals surface area contributed by atoms with Crippen LogP contribution in [0, 0.1) is 11.8 Å². The summed E-state index contributed by atoms with van der Waals surface area (Å²) in [6, 6.07) is 0.289. The van der Waals surface area contributed by atoms with Gasteiger partial charge in [-0.2, -0.15) is 0 Å². The molecule has 3 rings (SSSR count). The minimum absolute atomic E-state index is 0.0801. The number of hydrogen-bond acceptors (Lipinski definition) is 4. The Bertz CT molecular complexity index is 460. The average Bonchev–Trinajstić information content (AvgIpc) is 3.06. The second kappa shape index (κ2) is 5.56. The summed E-state index contributed by atoms with van der Waals surface area (Å²) in [5.41, 5.74) is 0. The van der Waals surface area contributed by atoms with Gasteiger partial charge in [-0.25, -0.2) is 4.98 Å². The number of carbonyl (C=O) groups is 1. The first-order valence-corrected chi connectivity index (χ1v) is 7.55. The van der Waals surface area contributed by atoms with Crippen molar-refractivity contribution >= 4 is 5.91 Å². The van der Waals surface area contributed by atoms with E-state index in [9.17, 15) is 4.79 Å². The van der Waals surface area contributed by atoms with Crippen LogP contribution in [0.3, 0.4) is 0 Å². The van der Waals surface area contributed by atoms with Gasteiger partial charge >= 0.3 is 0 Å². The quantitative estimate of drug-likeness (QED) is 0.915. The van der Waals surface area contributed by atoms with Crippen molar-refractivity contribution in [3.05, 3.63) is 18.4 Å². The van der Waals surface area contributed by atoms with E-state index in [-0.39, 0.29) is 11.9 Å². The first kappa shape index (κ1) is 13.6. The molecule has 5 nitrogen and oxygen atoms in total. The van der Waals surface area contributed by atoms with Crippen LogP contribution in [0.25, 0.3) is 0 Å². The number of fused-ring (bicyclic) bond motifs is 1. The largest absolute Gasteiger partial charge is 0.447 e. The fourth-order valence-corrected chi connectivity index (χ4v) is 3.99. The third-order valence-corrected chi connectivity index (χ3v) is 4.93. The standard InChI is InChI=1S/C15H23N3O2/c1-10-6-11-4-3-5-13(11)18(15(19)14(10)16-2)8-12-7-17-9-20-12/h7,9-11,13-14,16H,3-6,8H2,1-2H3. The zero-order valence-corrected chi connectivity index (χ0v) is 12.2. The maximum atomic E-state index is 12.9. The predicted octanol–water partition coefficient (Wildman–Crippen LogP) is 1.80. The summed E-state index contributed by atoms with van der Waals surface area (Å²) >= 11 is 0. The summed E-state index contributed by atoms with van der Waals surface area (Å²) in [6.45, 7) is 2.73. The van der Waals surface area contributed by atoms with E-state index in [2.05, 4.69) is 17.2 Å². The molecule has 2 fully saturated rings. The highest BCUT2D eigenvalue weighted by molar-refractivity contribution is 5.83. The summed E-state index contributed by atoms with van der Waals surface area (Å²) in [6.07, 6.45) is 7.86. The minimum atomic E-state index is -0.0801. The molecule has 2 aliphatic rings. The van der Waals surface area contributed by atoms with Crippen molar-refractivity contribution in [1.29, 1.82) is 0 Å². The van der Waals surface area contributed by atoms with Gasteiger partial charge in [0.1, 0.15) is 5.76 Å². The van der Waals surface area contributed by atoms with Gasteiger partial charge in [-0.1, -0.05) is 13.3 Å². The molecular formula is C15H23N3O2. The van der Waals surface area contributed by atoms with Crippen LogP contribution < -0.4 is 5.32 Å². The molecule has 0 bridgehead atoms. The molecule has 1 aliphatic heterocycles. The van der Waals surface area contributed by atoms with Gasteiger partial charge in [0.05, 0.1) is 18.8 Å². The summed E-state index contributed by atoms with van der Waals surface area (Å²) in [4.78, 5) is 18.8. The Kier molecular flexibility index (Phi) is 3.78. The van der Waals surface area contributed by atoms with Gasteiger partial charge in [-0.3, -0.25) is 4.79 Å². The molecule has 0 aromatic carbocycles. The van der Waals surface area contributed by atoms with E-state index < -0.39 is 0 Å². The molecule has 5 heteroatoms. The number of nitrogens with one attached hydrogen (secondary N) is 1. The van der Waals surface area contributed by atoms with Crippen molar-refractivity contribution in [3.63, 3.8) is 0 Å². The Morgan fingerprint density at radius 2 is 2.35 bits per heavy atom. The van der Waals surface area contributed by atoms with Crippen LogP contribution >= 0.6 is 0 Å². The zero-order valence-electron chi connectivity index (χ0n) is 12.2. The highest BCUT2D eigenvalue weighted by Gasteiger charge is 2.43. The van der Waals surface area contributed by atoms with Gasteiger partial charge < -0.3 is 14.6 Å². The van der Waals surface area contributed by atoms with Crippen LogP contribution in [-0.4, -0.2) is 34.9 Å². The Morgan fingerprint density at radius 3 is 3.05 bits per heavy atom. The van der Waals surface area contributed by atoms with Crippen LogP contribution in [0.2, 0.25) is 0 Å². The number of likely N-dealkylation sites (N-methyl/N-ethyl adjacent to an activating group) is 1. The molecule has 1 aliphatic carbocycles.